The lowest BCUT2D eigenvalue weighted by atomic mass is 10.1. The second kappa shape index (κ2) is 4.87. The van der Waals surface area contributed by atoms with Gasteiger partial charge in [-0.05, 0) is 13.8 Å². The second-order valence-electron chi connectivity index (χ2n) is 4.25. The van der Waals surface area contributed by atoms with E-state index in [0.717, 1.165) is 11.3 Å². The van der Waals surface area contributed by atoms with Gasteiger partial charge in [-0.1, -0.05) is 12.1 Å². The predicted molar refractivity (Wildman–Crippen MR) is 69.4 cm³/mol. The second-order valence-corrected chi connectivity index (χ2v) is 4.25. The molecule has 94 valence electrons. The molecular formula is C12H14N4O2. The summed E-state index contributed by atoms with van der Waals surface area (Å²) in [6.45, 7) is 4.02. The minimum atomic E-state index is -0.410. The smallest absolute Gasteiger partial charge is 0.270 e. The van der Waals surface area contributed by atoms with Crippen molar-refractivity contribution < 1.29 is 4.92 Å². The fourth-order valence-electron chi connectivity index (χ4n) is 1.60. The molecule has 0 saturated carbocycles. The highest BCUT2D eigenvalue weighted by Gasteiger charge is 2.09. The number of nitro benzene ring substituents is 1. The molecule has 1 aromatic carbocycles. The molecule has 0 fully saturated rings. The van der Waals surface area contributed by atoms with Gasteiger partial charge in [-0.15, -0.1) is 0 Å². The van der Waals surface area contributed by atoms with Crippen molar-refractivity contribution in [3.63, 3.8) is 0 Å². The molecular weight excluding hydrogens is 232 g/mol. The number of nitrogens with zero attached hydrogens (tertiary/aromatic N) is 2. The highest BCUT2D eigenvalue weighted by molar-refractivity contribution is 5.63. The predicted octanol–water partition coefficient (Wildman–Crippen LogP) is 2.81. The molecule has 0 atom stereocenters. The Labute approximate surface area is 104 Å². The molecule has 0 spiro atoms. The van der Waals surface area contributed by atoms with Gasteiger partial charge in [0, 0.05) is 23.7 Å². The summed E-state index contributed by atoms with van der Waals surface area (Å²) < 4.78 is 0. The Bertz CT molecular complexity index is 563. The van der Waals surface area contributed by atoms with E-state index in [-0.39, 0.29) is 11.7 Å². The molecule has 0 radical (unpaired) electrons. The fraction of sp³-hybridized carbons (Fsp3) is 0.250. The van der Waals surface area contributed by atoms with Gasteiger partial charge in [0.15, 0.2) is 0 Å². The first-order chi connectivity index (χ1) is 8.56. The van der Waals surface area contributed by atoms with Crippen LogP contribution in [0.2, 0.25) is 0 Å². The van der Waals surface area contributed by atoms with Gasteiger partial charge in [-0.3, -0.25) is 10.1 Å². The number of hydrogen-bond donors (Lipinski definition) is 2. The Kier molecular flexibility index (Phi) is 3.27. The van der Waals surface area contributed by atoms with E-state index in [1.165, 1.54) is 12.1 Å². The minimum Gasteiger partial charge on any atom is -0.354 e. The molecule has 0 bridgehead atoms. The molecule has 1 heterocycles. The number of aromatic amines is 1. The van der Waals surface area contributed by atoms with Gasteiger partial charge in [-0.25, -0.2) is 4.98 Å². The number of nitrogens with one attached hydrogen (secondary N) is 2. The largest absolute Gasteiger partial charge is 0.354 e. The topological polar surface area (TPSA) is 83.8 Å². The van der Waals surface area contributed by atoms with Gasteiger partial charge in [0.2, 0.25) is 5.95 Å². The highest BCUT2D eigenvalue weighted by atomic mass is 16.6. The van der Waals surface area contributed by atoms with Crippen molar-refractivity contribution in [2.24, 2.45) is 0 Å². The van der Waals surface area contributed by atoms with Crippen LogP contribution in [0.5, 0.6) is 0 Å². The number of benzene rings is 1. The summed E-state index contributed by atoms with van der Waals surface area (Å²) in [5.41, 5.74) is 1.57. The van der Waals surface area contributed by atoms with Crippen LogP contribution in [0.25, 0.3) is 11.3 Å². The summed E-state index contributed by atoms with van der Waals surface area (Å²) in [7, 11) is 0. The van der Waals surface area contributed by atoms with Gasteiger partial charge in [0.25, 0.3) is 5.69 Å². The van der Waals surface area contributed by atoms with Gasteiger partial charge < -0.3 is 10.3 Å². The zero-order valence-corrected chi connectivity index (χ0v) is 10.2. The number of imidazole rings is 1. The van der Waals surface area contributed by atoms with E-state index in [1.54, 1.807) is 18.3 Å². The molecule has 6 heteroatoms. The maximum absolute atomic E-state index is 10.7. The first-order valence-corrected chi connectivity index (χ1v) is 5.62. The van der Waals surface area contributed by atoms with Crippen LogP contribution in [-0.4, -0.2) is 20.9 Å². The third-order valence-electron chi connectivity index (χ3n) is 2.37. The van der Waals surface area contributed by atoms with E-state index >= 15 is 0 Å². The van der Waals surface area contributed by atoms with E-state index in [4.69, 9.17) is 0 Å². The number of hydrogen-bond acceptors (Lipinski definition) is 4. The maximum Gasteiger partial charge on any atom is 0.270 e. The third kappa shape index (κ3) is 2.65. The summed E-state index contributed by atoms with van der Waals surface area (Å²) in [6, 6.07) is 6.72. The van der Waals surface area contributed by atoms with Crippen LogP contribution in [0.3, 0.4) is 0 Å². The highest BCUT2D eigenvalue weighted by Crippen LogP contribution is 2.23. The van der Waals surface area contributed by atoms with Crippen molar-refractivity contribution in [3.8, 4) is 11.3 Å². The van der Waals surface area contributed by atoms with Gasteiger partial charge in [-0.2, -0.15) is 0 Å². The van der Waals surface area contributed by atoms with Crippen LogP contribution in [0.15, 0.2) is 30.5 Å². The van der Waals surface area contributed by atoms with Crippen LogP contribution in [0, 0.1) is 10.1 Å². The summed E-state index contributed by atoms with van der Waals surface area (Å²) in [5.74, 6) is 0.659. The summed E-state index contributed by atoms with van der Waals surface area (Å²) in [4.78, 5) is 17.5. The van der Waals surface area contributed by atoms with E-state index < -0.39 is 4.92 Å². The van der Waals surface area contributed by atoms with Crippen LogP contribution >= 0.6 is 0 Å². The number of rotatable bonds is 4. The van der Waals surface area contributed by atoms with Gasteiger partial charge in [0.05, 0.1) is 16.8 Å². The number of non-ortho nitro benzene ring substituents is 1. The van der Waals surface area contributed by atoms with Crippen LogP contribution in [0.4, 0.5) is 11.6 Å². The van der Waals surface area contributed by atoms with Crippen molar-refractivity contribution in [2.75, 3.05) is 5.32 Å². The summed E-state index contributed by atoms with van der Waals surface area (Å²) in [5, 5.41) is 13.8. The Morgan fingerprint density at radius 3 is 2.89 bits per heavy atom. The molecule has 2 N–H and O–H groups in total. The number of anilines is 1. The molecule has 0 aliphatic rings. The van der Waals surface area contributed by atoms with Crippen molar-refractivity contribution in [1.29, 1.82) is 0 Å². The molecule has 0 aliphatic carbocycles. The van der Waals surface area contributed by atoms with Gasteiger partial charge in [0.1, 0.15) is 0 Å². The van der Waals surface area contributed by atoms with E-state index in [9.17, 15) is 10.1 Å². The van der Waals surface area contributed by atoms with Crippen molar-refractivity contribution in [2.45, 2.75) is 19.9 Å². The SMILES string of the molecule is CC(C)Nc1ncc(-c2cccc([N+](=O)[O-])c2)[nH]1. The quantitative estimate of drug-likeness (QED) is 0.641. The van der Waals surface area contributed by atoms with Crippen LogP contribution in [-0.2, 0) is 0 Å². The molecule has 18 heavy (non-hydrogen) atoms. The first kappa shape index (κ1) is 12.1. The van der Waals surface area contributed by atoms with Crippen LogP contribution < -0.4 is 5.32 Å². The lowest BCUT2D eigenvalue weighted by Gasteiger charge is -2.05. The molecule has 2 rings (SSSR count). The lowest BCUT2D eigenvalue weighted by Crippen LogP contribution is -2.10. The molecule has 0 amide bonds. The third-order valence-corrected chi connectivity index (χ3v) is 2.37. The average molecular weight is 246 g/mol. The number of aromatic nitrogens is 2. The molecule has 1 aromatic heterocycles. The summed E-state index contributed by atoms with van der Waals surface area (Å²) in [6.07, 6.45) is 1.66. The molecule has 2 aromatic rings. The molecule has 0 unspecified atom stereocenters. The molecule has 6 nitrogen and oxygen atoms in total. The Hall–Kier alpha value is -2.37. The normalized spacial score (nSPS) is 10.6. The van der Waals surface area contributed by atoms with Crippen molar-refractivity contribution in [1.82, 2.24) is 9.97 Å². The van der Waals surface area contributed by atoms with Gasteiger partial charge >= 0.3 is 0 Å². The van der Waals surface area contributed by atoms with E-state index in [1.807, 2.05) is 13.8 Å². The average Bonchev–Trinajstić information content (AvgIpc) is 2.77. The maximum atomic E-state index is 10.7. The Morgan fingerprint density at radius 1 is 1.44 bits per heavy atom. The lowest BCUT2D eigenvalue weighted by molar-refractivity contribution is -0.384. The zero-order chi connectivity index (χ0) is 13.1. The Balaban J connectivity index is 2.28. The number of nitro groups is 1. The monoisotopic (exact) mass is 246 g/mol. The van der Waals surface area contributed by atoms with Crippen molar-refractivity contribution >= 4 is 11.6 Å². The van der Waals surface area contributed by atoms with Crippen molar-refractivity contribution in [3.05, 3.63) is 40.6 Å². The minimum absolute atomic E-state index is 0.0699. The number of H-pyrrole nitrogens is 1. The van der Waals surface area contributed by atoms with E-state index in [0.29, 0.717) is 5.95 Å². The first-order valence-electron chi connectivity index (χ1n) is 5.62. The summed E-state index contributed by atoms with van der Waals surface area (Å²) >= 11 is 0. The molecule has 0 aliphatic heterocycles. The fourth-order valence-corrected chi connectivity index (χ4v) is 1.60. The standard InChI is InChI=1S/C12H14N4O2/c1-8(2)14-12-13-7-11(15-12)9-4-3-5-10(6-9)16(17)18/h3-8H,1-2H3,(H2,13,14,15). The van der Waals surface area contributed by atoms with E-state index in [2.05, 4.69) is 15.3 Å². The Morgan fingerprint density at radius 2 is 2.22 bits per heavy atom. The zero-order valence-electron chi connectivity index (χ0n) is 10.2. The van der Waals surface area contributed by atoms with Crippen LogP contribution in [0.1, 0.15) is 13.8 Å². The molecule has 0 saturated heterocycles.